The van der Waals surface area contributed by atoms with Gasteiger partial charge in [0.1, 0.15) is 6.20 Å². The summed E-state index contributed by atoms with van der Waals surface area (Å²) >= 11 is 20.7. The third-order valence-corrected chi connectivity index (χ3v) is 6.26. The van der Waals surface area contributed by atoms with Crippen molar-refractivity contribution in [3.05, 3.63) is 108 Å². The molecule has 0 saturated heterocycles. The first-order valence-corrected chi connectivity index (χ1v) is 10.8. The molecule has 0 fully saturated rings. The number of aromatic amines is 1. The Morgan fingerprint density at radius 1 is 0.968 bits per heavy atom. The minimum absolute atomic E-state index is 0.311. The highest BCUT2D eigenvalue weighted by Crippen LogP contribution is 2.45. The van der Waals surface area contributed by atoms with Crippen molar-refractivity contribution in [1.82, 2.24) is 24.7 Å². The summed E-state index contributed by atoms with van der Waals surface area (Å²) in [6.07, 6.45) is 4.29. The average Bonchev–Trinajstić information content (AvgIpc) is 2.74. The monoisotopic (exact) mass is 491 g/mol. The molecule has 4 aromatic rings. The fourth-order valence-corrected chi connectivity index (χ4v) is 4.93. The zero-order valence-corrected chi connectivity index (χ0v) is 18.6. The van der Waals surface area contributed by atoms with Gasteiger partial charge in [-0.15, -0.1) is 0 Å². The summed E-state index contributed by atoms with van der Waals surface area (Å²) in [6, 6.07) is 12.1. The lowest BCUT2D eigenvalue weighted by atomic mass is 10.0. The molecule has 0 aliphatic heterocycles. The van der Waals surface area contributed by atoms with Crippen molar-refractivity contribution in [2.24, 2.45) is 0 Å². The Labute approximate surface area is 195 Å². The fourth-order valence-electron chi connectivity index (χ4n) is 2.86. The molecule has 11 heteroatoms. The largest absolute Gasteiger partial charge is 0.349 e. The number of aromatic nitrogens is 5. The number of benzene rings is 2. The molecule has 7 nitrogen and oxygen atoms in total. The standard InChI is InChI=1S/C20H12Cl3N5O2S/c21-12-4-2-11(3-5-12)18(31-19-24-6-1-7-25-19)17-14(22)8-13(9-15(17)23)28-20(30)27-16(29)10-26-28/h1-10,18H,(H,27,29,30)/t18-/m1/s1. The number of halogens is 3. The Hall–Kier alpha value is -2.65. The van der Waals surface area contributed by atoms with E-state index in [1.54, 1.807) is 42.7 Å². The average molecular weight is 493 g/mol. The van der Waals surface area contributed by atoms with Gasteiger partial charge in [-0.2, -0.15) is 9.78 Å². The van der Waals surface area contributed by atoms with E-state index >= 15 is 0 Å². The smallest absolute Gasteiger partial charge is 0.271 e. The van der Waals surface area contributed by atoms with E-state index in [4.69, 9.17) is 34.8 Å². The number of nitrogens with one attached hydrogen (secondary N) is 1. The maximum Gasteiger partial charge on any atom is 0.349 e. The van der Waals surface area contributed by atoms with Crippen molar-refractivity contribution in [2.45, 2.75) is 10.4 Å². The minimum atomic E-state index is -0.700. The van der Waals surface area contributed by atoms with Crippen LogP contribution in [0.2, 0.25) is 15.1 Å². The Morgan fingerprint density at radius 2 is 1.61 bits per heavy atom. The third kappa shape index (κ3) is 4.83. The van der Waals surface area contributed by atoms with Crippen LogP contribution in [0, 0.1) is 0 Å². The molecule has 0 aliphatic rings. The molecular weight excluding hydrogens is 481 g/mol. The second-order valence-corrected chi connectivity index (χ2v) is 8.58. The highest BCUT2D eigenvalue weighted by Gasteiger charge is 2.24. The second kappa shape index (κ2) is 9.23. The van der Waals surface area contributed by atoms with Gasteiger partial charge in [0.05, 0.1) is 10.9 Å². The van der Waals surface area contributed by atoms with E-state index in [0.717, 1.165) is 16.4 Å². The van der Waals surface area contributed by atoms with Gasteiger partial charge in [0, 0.05) is 33.0 Å². The van der Waals surface area contributed by atoms with Crippen LogP contribution in [0.1, 0.15) is 16.4 Å². The van der Waals surface area contributed by atoms with E-state index in [9.17, 15) is 9.59 Å². The Kier molecular flexibility index (Phi) is 6.43. The van der Waals surface area contributed by atoms with Crippen LogP contribution in [0.4, 0.5) is 0 Å². The molecule has 0 amide bonds. The zero-order valence-electron chi connectivity index (χ0n) is 15.5. The molecule has 0 unspecified atom stereocenters. The third-order valence-electron chi connectivity index (χ3n) is 4.22. The fraction of sp³-hybridized carbons (Fsp3) is 0.0500. The predicted octanol–water partition coefficient (Wildman–Crippen LogP) is 4.55. The first kappa shape index (κ1) is 21.6. The molecule has 1 atom stereocenters. The van der Waals surface area contributed by atoms with E-state index in [1.165, 1.54) is 11.8 Å². The molecule has 2 aromatic carbocycles. The lowest BCUT2D eigenvalue weighted by Gasteiger charge is -2.20. The number of nitrogens with zero attached hydrogens (tertiary/aromatic N) is 4. The van der Waals surface area contributed by atoms with E-state index in [1.807, 2.05) is 12.1 Å². The van der Waals surface area contributed by atoms with Gasteiger partial charge in [-0.05, 0) is 35.9 Å². The van der Waals surface area contributed by atoms with Crippen LogP contribution in [0.3, 0.4) is 0 Å². The minimum Gasteiger partial charge on any atom is -0.271 e. The summed E-state index contributed by atoms with van der Waals surface area (Å²) in [4.78, 5) is 34.1. The molecule has 2 aromatic heterocycles. The Morgan fingerprint density at radius 3 is 2.23 bits per heavy atom. The topological polar surface area (TPSA) is 93.5 Å². The molecule has 1 N–H and O–H groups in total. The highest BCUT2D eigenvalue weighted by molar-refractivity contribution is 7.99. The zero-order chi connectivity index (χ0) is 22.0. The van der Waals surface area contributed by atoms with Crippen molar-refractivity contribution in [2.75, 3.05) is 0 Å². The summed E-state index contributed by atoms with van der Waals surface area (Å²) in [5.41, 5.74) is 0.517. The number of rotatable bonds is 5. The van der Waals surface area contributed by atoms with Crippen molar-refractivity contribution in [1.29, 1.82) is 0 Å². The highest BCUT2D eigenvalue weighted by atomic mass is 35.5. The van der Waals surface area contributed by atoms with Crippen LogP contribution in [-0.4, -0.2) is 24.7 Å². The van der Waals surface area contributed by atoms with E-state index in [0.29, 0.717) is 31.5 Å². The summed E-state index contributed by atoms with van der Waals surface area (Å²) in [5.74, 6) is 0. The first-order valence-electron chi connectivity index (χ1n) is 8.79. The first-order chi connectivity index (χ1) is 14.9. The molecular formula is C20H12Cl3N5O2S. The molecule has 156 valence electrons. The van der Waals surface area contributed by atoms with Crippen LogP contribution in [0.15, 0.2) is 75.8 Å². The quantitative estimate of drug-likeness (QED) is 0.324. The molecule has 31 heavy (non-hydrogen) atoms. The van der Waals surface area contributed by atoms with E-state index < -0.39 is 11.2 Å². The Bertz CT molecular complexity index is 1320. The van der Waals surface area contributed by atoms with Crippen LogP contribution in [0.25, 0.3) is 5.69 Å². The lowest BCUT2D eigenvalue weighted by molar-refractivity contribution is 0.749. The summed E-state index contributed by atoms with van der Waals surface area (Å²) in [6.45, 7) is 0. The predicted molar refractivity (Wildman–Crippen MR) is 122 cm³/mol. The molecule has 0 bridgehead atoms. The molecule has 0 aliphatic carbocycles. The van der Waals surface area contributed by atoms with Crippen molar-refractivity contribution in [3.8, 4) is 5.69 Å². The molecule has 2 heterocycles. The van der Waals surface area contributed by atoms with Gasteiger partial charge in [0.2, 0.25) is 0 Å². The van der Waals surface area contributed by atoms with Gasteiger partial charge in [-0.25, -0.2) is 14.8 Å². The maximum atomic E-state index is 12.1. The van der Waals surface area contributed by atoms with Gasteiger partial charge >= 0.3 is 5.69 Å². The second-order valence-electron chi connectivity index (χ2n) is 6.25. The SMILES string of the molecule is O=c1cnn(-c2cc(Cl)c([C@H](Sc3ncccn3)c3ccc(Cl)cc3)c(Cl)c2)c(=O)[nH]1. The molecule has 0 saturated carbocycles. The number of H-pyrrole nitrogens is 1. The normalized spacial score (nSPS) is 12.0. The lowest BCUT2D eigenvalue weighted by Crippen LogP contribution is -2.30. The van der Waals surface area contributed by atoms with Gasteiger partial charge in [0.25, 0.3) is 5.56 Å². The van der Waals surface area contributed by atoms with Crippen LogP contribution in [-0.2, 0) is 0 Å². The van der Waals surface area contributed by atoms with Crippen molar-refractivity contribution in [3.63, 3.8) is 0 Å². The molecule has 0 spiro atoms. The number of thioether (sulfide) groups is 1. The van der Waals surface area contributed by atoms with Crippen LogP contribution in [0.5, 0.6) is 0 Å². The van der Waals surface area contributed by atoms with E-state index in [-0.39, 0.29) is 5.25 Å². The van der Waals surface area contributed by atoms with Gasteiger partial charge in [0.15, 0.2) is 5.16 Å². The number of hydrogen-bond acceptors (Lipinski definition) is 6. The Balaban J connectivity index is 1.83. The number of hydrogen-bond donors (Lipinski definition) is 1. The maximum absolute atomic E-state index is 12.1. The van der Waals surface area contributed by atoms with Crippen molar-refractivity contribution >= 4 is 46.6 Å². The van der Waals surface area contributed by atoms with Gasteiger partial charge < -0.3 is 0 Å². The van der Waals surface area contributed by atoms with Crippen LogP contribution >= 0.6 is 46.6 Å². The van der Waals surface area contributed by atoms with Gasteiger partial charge in [-0.3, -0.25) is 9.78 Å². The molecule has 0 radical (unpaired) electrons. The summed E-state index contributed by atoms with van der Waals surface area (Å²) in [7, 11) is 0. The van der Waals surface area contributed by atoms with Crippen LogP contribution < -0.4 is 11.2 Å². The molecule has 4 rings (SSSR count). The van der Waals surface area contributed by atoms with E-state index in [2.05, 4.69) is 20.1 Å². The van der Waals surface area contributed by atoms with Gasteiger partial charge in [-0.1, -0.05) is 58.7 Å². The summed E-state index contributed by atoms with van der Waals surface area (Å²) in [5, 5.41) is 5.25. The summed E-state index contributed by atoms with van der Waals surface area (Å²) < 4.78 is 1.01. The van der Waals surface area contributed by atoms with Crippen molar-refractivity contribution < 1.29 is 0 Å².